The number of carbonyl (C=O) groups is 1. The summed E-state index contributed by atoms with van der Waals surface area (Å²) in [6, 6.07) is 10.1. The van der Waals surface area contributed by atoms with E-state index in [-0.39, 0.29) is 18.2 Å². The van der Waals surface area contributed by atoms with Gasteiger partial charge in [-0.1, -0.05) is 24.3 Å². The summed E-state index contributed by atoms with van der Waals surface area (Å²) < 4.78 is 0. The summed E-state index contributed by atoms with van der Waals surface area (Å²) >= 11 is 0. The summed E-state index contributed by atoms with van der Waals surface area (Å²) in [6.45, 7) is 3.44. The van der Waals surface area contributed by atoms with Crippen molar-refractivity contribution >= 4 is 5.91 Å². The lowest BCUT2D eigenvalue weighted by Gasteiger charge is -2.17. The van der Waals surface area contributed by atoms with Gasteiger partial charge in [-0.2, -0.15) is 5.26 Å². The zero-order chi connectivity index (χ0) is 14.3. The molecule has 19 heavy (non-hydrogen) atoms. The largest absolute Gasteiger partial charge is 0.301 e. The van der Waals surface area contributed by atoms with Crippen molar-refractivity contribution in [3.63, 3.8) is 0 Å². The highest BCUT2D eigenvalue weighted by Crippen LogP contribution is 2.08. The molecule has 1 aromatic rings. The number of amides is 1. The molecule has 0 heterocycles. The number of nitrogens with two attached hydrogens (primary N) is 1. The number of carbonyl (C=O) groups excluding carboxylic acids is 1. The third-order valence-electron chi connectivity index (χ3n) is 2.81. The Kier molecular flexibility index (Phi) is 6.00. The van der Waals surface area contributed by atoms with Gasteiger partial charge in [0.1, 0.15) is 0 Å². The van der Waals surface area contributed by atoms with E-state index >= 15 is 0 Å². The molecular formula is C14H20N4O. The Morgan fingerprint density at radius 3 is 2.53 bits per heavy atom. The molecular weight excluding hydrogens is 240 g/mol. The molecule has 0 aliphatic heterocycles. The highest BCUT2D eigenvalue weighted by atomic mass is 16.2. The minimum atomic E-state index is -0.201. The fourth-order valence-corrected chi connectivity index (χ4v) is 1.88. The molecule has 5 heteroatoms. The molecule has 0 aliphatic carbocycles. The van der Waals surface area contributed by atoms with Crippen molar-refractivity contribution in [2.75, 3.05) is 13.6 Å². The number of hydrazine groups is 1. The van der Waals surface area contributed by atoms with Crippen LogP contribution in [0, 0.1) is 17.2 Å². The number of hydrogen-bond donors (Lipinski definition) is 2. The molecule has 5 nitrogen and oxygen atoms in total. The van der Waals surface area contributed by atoms with Crippen LogP contribution in [0.15, 0.2) is 24.3 Å². The van der Waals surface area contributed by atoms with Crippen LogP contribution in [-0.4, -0.2) is 24.4 Å². The maximum absolute atomic E-state index is 11.1. The van der Waals surface area contributed by atoms with Gasteiger partial charge in [0.15, 0.2) is 0 Å². The molecule has 1 rings (SSSR count). The molecule has 102 valence electrons. The predicted molar refractivity (Wildman–Crippen MR) is 73.6 cm³/mol. The Labute approximate surface area is 114 Å². The van der Waals surface area contributed by atoms with E-state index in [9.17, 15) is 4.79 Å². The van der Waals surface area contributed by atoms with Gasteiger partial charge in [-0.15, -0.1) is 0 Å². The predicted octanol–water partition coefficient (Wildman–Crippen LogP) is 0.810. The average Bonchev–Trinajstić information content (AvgIpc) is 2.40. The molecule has 0 fully saturated rings. The lowest BCUT2D eigenvalue weighted by molar-refractivity contribution is -0.120. The van der Waals surface area contributed by atoms with Gasteiger partial charge in [0.05, 0.1) is 18.4 Å². The average molecular weight is 260 g/mol. The van der Waals surface area contributed by atoms with E-state index in [4.69, 9.17) is 11.1 Å². The molecule has 0 aromatic heterocycles. The Bertz CT molecular complexity index is 450. The minimum absolute atomic E-state index is 0.0255. The molecule has 1 atom stereocenters. The quantitative estimate of drug-likeness (QED) is 0.450. The summed E-state index contributed by atoms with van der Waals surface area (Å²) in [5, 5.41) is 8.77. The van der Waals surface area contributed by atoms with Gasteiger partial charge in [-0.3, -0.25) is 10.2 Å². The summed E-state index contributed by atoms with van der Waals surface area (Å²) in [4.78, 5) is 13.2. The van der Waals surface area contributed by atoms with Crippen LogP contribution in [0.1, 0.15) is 18.1 Å². The Morgan fingerprint density at radius 1 is 1.42 bits per heavy atom. The molecule has 3 N–H and O–H groups in total. The minimum Gasteiger partial charge on any atom is -0.301 e. The topological polar surface area (TPSA) is 82.2 Å². The number of nitrogens with zero attached hydrogens (tertiary/aromatic N) is 2. The van der Waals surface area contributed by atoms with Crippen LogP contribution in [-0.2, 0) is 17.8 Å². The normalized spacial score (nSPS) is 11.9. The van der Waals surface area contributed by atoms with Crippen LogP contribution in [0.5, 0.6) is 0 Å². The summed E-state index contributed by atoms with van der Waals surface area (Å²) in [5.74, 6) is 4.87. The van der Waals surface area contributed by atoms with Gasteiger partial charge in [0.2, 0.25) is 5.91 Å². The molecule has 0 aliphatic rings. The number of rotatable bonds is 6. The molecule has 0 saturated carbocycles. The molecule has 1 amide bonds. The van der Waals surface area contributed by atoms with Crippen LogP contribution >= 0.6 is 0 Å². The molecule has 1 aromatic carbocycles. The maximum atomic E-state index is 11.1. The summed E-state index contributed by atoms with van der Waals surface area (Å²) in [7, 11) is 1.99. The molecule has 0 spiro atoms. The highest BCUT2D eigenvalue weighted by Gasteiger charge is 2.06. The van der Waals surface area contributed by atoms with Gasteiger partial charge in [0.25, 0.3) is 0 Å². The van der Waals surface area contributed by atoms with Crippen LogP contribution in [0.25, 0.3) is 0 Å². The number of hydrogen-bond acceptors (Lipinski definition) is 4. The smallest absolute Gasteiger partial charge is 0.238 e. The van der Waals surface area contributed by atoms with Gasteiger partial charge in [0, 0.05) is 13.1 Å². The third kappa shape index (κ3) is 5.51. The van der Waals surface area contributed by atoms with E-state index in [2.05, 4.69) is 16.4 Å². The van der Waals surface area contributed by atoms with Gasteiger partial charge < -0.3 is 4.90 Å². The first-order valence-corrected chi connectivity index (χ1v) is 6.20. The van der Waals surface area contributed by atoms with E-state index in [0.29, 0.717) is 0 Å². The van der Waals surface area contributed by atoms with Crippen molar-refractivity contribution in [3.05, 3.63) is 35.4 Å². The first-order valence-electron chi connectivity index (χ1n) is 6.20. The molecule has 0 radical (unpaired) electrons. The van der Waals surface area contributed by atoms with Crippen molar-refractivity contribution in [2.24, 2.45) is 11.8 Å². The maximum Gasteiger partial charge on any atom is 0.238 e. The molecule has 0 saturated heterocycles. The number of nitriles is 1. The van der Waals surface area contributed by atoms with Crippen molar-refractivity contribution in [3.8, 4) is 6.07 Å². The lowest BCUT2D eigenvalue weighted by Crippen LogP contribution is -2.31. The van der Waals surface area contributed by atoms with E-state index in [0.717, 1.165) is 24.2 Å². The van der Waals surface area contributed by atoms with Crippen LogP contribution in [0.2, 0.25) is 0 Å². The first kappa shape index (κ1) is 15.2. The van der Waals surface area contributed by atoms with Crippen molar-refractivity contribution in [1.29, 1.82) is 5.26 Å². The van der Waals surface area contributed by atoms with E-state index in [1.807, 2.05) is 38.2 Å². The van der Waals surface area contributed by atoms with Crippen LogP contribution in [0.3, 0.4) is 0 Å². The lowest BCUT2D eigenvalue weighted by atomic mass is 10.1. The Balaban J connectivity index is 2.52. The van der Waals surface area contributed by atoms with E-state index in [1.165, 1.54) is 0 Å². The van der Waals surface area contributed by atoms with Gasteiger partial charge >= 0.3 is 0 Å². The first-order chi connectivity index (χ1) is 9.05. The van der Waals surface area contributed by atoms with Crippen molar-refractivity contribution in [2.45, 2.75) is 19.9 Å². The summed E-state index contributed by atoms with van der Waals surface area (Å²) in [5.41, 5.74) is 4.20. The van der Waals surface area contributed by atoms with Crippen LogP contribution < -0.4 is 11.3 Å². The second-order valence-corrected chi connectivity index (χ2v) is 4.79. The zero-order valence-electron chi connectivity index (χ0n) is 11.4. The van der Waals surface area contributed by atoms with Gasteiger partial charge in [-0.05, 0) is 25.1 Å². The monoisotopic (exact) mass is 260 g/mol. The molecule has 0 bridgehead atoms. The number of benzene rings is 1. The Hall–Kier alpha value is -1.90. The van der Waals surface area contributed by atoms with Crippen molar-refractivity contribution in [1.82, 2.24) is 10.3 Å². The SMILES string of the molecule is CC(C#N)CN(C)Cc1ccc(CC(=O)NN)cc1. The van der Waals surface area contributed by atoms with Crippen molar-refractivity contribution < 1.29 is 4.79 Å². The zero-order valence-corrected chi connectivity index (χ0v) is 11.4. The molecule has 1 unspecified atom stereocenters. The number of nitrogens with one attached hydrogen (secondary N) is 1. The standard InChI is InChI=1S/C14H20N4O/c1-11(8-15)9-18(2)10-13-5-3-12(4-6-13)7-14(19)17-16/h3-6,11H,7,9-10,16H2,1-2H3,(H,17,19). The second-order valence-electron chi connectivity index (χ2n) is 4.79. The summed E-state index contributed by atoms with van der Waals surface area (Å²) in [6.07, 6.45) is 0.290. The third-order valence-corrected chi connectivity index (χ3v) is 2.81. The van der Waals surface area contributed by atoms with E-state index in [1.54, 1.807) is 0 Å². The fourth-order valence-electron chi connectivity index (χ4n) is 1.88. The highest BCUT2D eigenvalue weighted by molar-refractivity contribution is 5.77. The second kappa shape index (κ2) is 7.52. The van der Waals surface area contributed by atoms with Gasteiger partial charge in [-0.25, -0.2) is 5.84 Å². The van der Waals surface area contributed by atoms with Crippen LogP contribution in [0.4, 0.5) is 0 Å². The Morgan fingerprint density at radius 2 is 2.00 bits per heavy atom. The van der Waals surface area contributed by atoms with E-state index < -0.39 is 0 Å². The fraction of sp³-hybridized carbons (Fsp3) is 0.429.